The zero-order chi connectivity index (χ0) is 14.6. The maximum Gasteiger partial charge on any atom is 0.234 e. The van der Waals surface area contributed by atoms with Gasteiger partial charge in [-0.2, -0.15) is 0 Å². The highest BCUT2D eigenvalue weighted by atomic mass is 16.1. The van der Waals surface area contributed by atoms with E-state index in [0.29, 0.717) is 13.1 Å². The largest absolute Gasteiger partial charge is 0.353 e. The van der Waals surface area contributed by atoms with Crippen molar-refractivity contribution in [1.82, 2.24) is 15.5 Å². The number of benzene rings is 1. The maximum atomic E-state index is 11.6. The molecule has 0 fully saturated rings. The molecule has 1 amide bonds. The molecule has 0 spiro atoms. The van der Waals surface area contributed by atoms with Gasteiger partial charge in [-0.05, 0) is 38.4 Å². The summed E-state index contributed by atoms with van der Waals surface area (Å²) in [6.45, 7) is 7.45. The minimum absolute atomic E-state index is 0.0308. The Balaban J connectivity index is 1.95. The summed E-state index contributed by atoms with van der Waals surface area (Å²) in [7, 11) is 1.78. The number of hydrogen-bond donors (Lipinski definition) is 2. The van der Waals surface area contributed by atoms with Crippen LogP contribution in [0.3, 0.4) is 0 Å². The van der Waals surface area contributed by atoms with Crippen LogP contribution in [0.5, 0.6) is 0 Å². The number of likely N-dealkylation sites (N-methyl/N-ethyl adjacent to an activating group) is 1. The SMILES string of the molecule is CNCC(=O)NCC(C)(C)N1CCc2ccccc2C1. The molecule has 4 nitrogen and oxygen atoms in total. The Bertz CT molecular complexity index is 471. The monoisotopic (exact) mass is 275 g/mol. The zero-order valence-corrected chi connectivity index (χ0v) is 12.7. The highest BCUT2D eigenvalue weighted by molar-refractivity contribution is 5.78. The second-order valence-electron chi connectivity index (χ2n) is 6.06. The standard InChI is InChI=1S/C16H25N3O/c1-16(2,12-18-15(20)10-17-3)19-9-8-13-6-4-5-7-14(13)11-19/h4-7,17H,8-12H2,1-3H3,(H,18,20). The first-order valence-corrected chi connectivity index (χ1v) is 7.26. The summed E-state index contributed by atoms with van der Waals surface area (Å²) in [6.07, 6.45) is 1.09. The molecule has 2 rings (SSSR count). The molecule has 20 heavy (non-hydrogen) atoms. The van der Waals surface area contributed by atoms with Crippen LogP contribution < -0.4 is 10.6 Å². The van der Waals surface area contributed by atoms with Crippen LogP contribution in [0.1, 0.15) is 25.0 Å². The average Bonchev–Trinajstić information content (AvgIpc) is 2.45. The quantitative estimate of drug-likeness (QED) is 0.847. The highest BCUT2D eigenvalue weighted by Gasteiger charge is 2.29. The third-order valence-corrected chi connectivity index (χ3v) is 4.04. The predicted molar refractivity (Wildman–Crippen MR) is 81.6 cm³/mol. The van der Waals surface area contributed by atoms with Gasteiger partial charge in [-0.25, -0.2) is 0 Å². The molecule has 1 aliphatic rings. The van der Waals surface area contributed by atoms with Gasteiger partial charge >= 0.3 is 0 Å². The molecule has 4 heteroatoms. The molecule has 1 aromatic rings. The van der Waals surface area contributed by atoms with Gasteiger partial charge in [0.15, 0.2) is 0 Å². The molecule has 1 aromatic carbocycles. The molecule has 110 valence electrons. The zero-order valence-electron chi connectivity index (χ0n) is 12.7. The molecule has 0 unspecified atom stereocenters. The molecule has 1 heterocycles. The van der Waals surface area contributed by atoms with Crippen molar-refractivity contribution >= 4 is 5.91 Å². The van der Waals surface area contributed by atoms with Crippen LogP contribution in [0.25, 0.3) is 0 Å². The topological polar surface area (TPSA) is 44.4 Å². The van der Waals surface area contributed by atoms with Crippen molar-refractivity contribution in [3.63, 3.8) is 0 Å². The van der Waals surface area contributed by atoms with E-state index in [9.17, 15) is 4.79 Å². The van der Waals surface area contributed by atoms with Gasteiger partial charge in [0, 0.05) is 25.2 Å². The van der Waals surface area contributed by atoms with Crippen molar-refractivity contribution in [2.45, 2.75) is 32.4 Å². The fraction of sp³-hybridized carbons (Fsp3) is 0.562. The van der Waals surface area contributed by atoms with Gasteiger partial charge in [-0.1, -0.05) is 24.3 Å². The van der Waals surface area contributed by atoms with Crippen LogP contribution in [0.15, 0.2) is 24.3 Å². The molecule has 2 N–H and O–H groups in total. The molecule has 0 aliphatic carbocycles. The number of rotatable bonds is 5. The predicted octanol–water partition coefficient (Wildman–Crippen LogP) is 1.16. The number of nitrogens with one attached hydrogen (secondary N) is 2. The van der Waals surface area contributed by atoms with Gasteiger partial charge in [0.2, 0.25) is 5.91 Å². The number of amides is 1. The number of fused-ring (bicyclic) bond motifs is 1. The second-order valence-corrected chi connectivity index (χ2v) is 6.06. The number of carbonyl (C=O) groups is 1. The molecule has 0 radical (unpaired) electrons. The maximum absolute atomic E-state index is 11.6. The van der Waals surface area contributed by atoms with Gasteiger partial charge < -0.3 is 10.6 Å². The Kier molecular flexibility index (Phi) is 4.78. The van der Waals surface area contributed by atoms with Gasteiger partial charge in [0.25, 0.3) is 0 Å². The summed E-state index contributed by atoms with van der Waals surface area (Å²) in [6, 6.07) is 8.63. The van der Waals surface area contributed by atoms with E-state index in [1.807, 2.05) is 0 Å². The summed E-state index contributed by atoms with van der Waals surface area (Å²) >= 11 is 0. The first kappa shape index (κ1) is 15.0. The number of nitrogens with zero attached hydrogens (tertiary/aromatic N) is 1. The van der Waals surface area contributed by atoms with Crippen molar-refractivity contribution < 1.29 is 4.79 Å². The van der Waals surface area contributed by atoms with Gasteiger partial charge in [-0.3, -0.25) is 9.69 Å². The molecular weight excluding hydrogens is 250 g/mol. The Labute approximate surface area is 121 Å². The van der Waals surface area contributed by atoms with Crippen LogP contribution in [0.4, 0.5) is 0 Å². The second kappa shape index (κ2) is 6.37. The van der Waals surface area contributed by atoms with E-state index in [0.717, 1.165) is 19.5 Å². The van der Waals surface area contributed by atoms with Crippen molar-refractivity contribution in [3.8, 4) is 0 Å². The van der Waals surface area contributed by atoms with E-state index in [2.05, 4.69) is 53.6 Å². The summed E-state index contributed by atoms with van der Waals surface area (Å²) in [5.41, 5.74) is 2.84. The highest BCUT2D eigenvalue weighted by Crippen LogP contribution is 2.24. The van der Waals surface area contributed by atoms with Crippen LogP contribution in [0.2, 0.25) is 0 Å². The molecule has 0 aromatic heterocycles. The first-order valence-electron chi connectivity index (χ1n) is 7.26. The third-order valence-electron chi connectivity index (χ3n) is 4.04. The molecule has 0 saturated carbocycles. The Morgan fingerprint density at radius 1 is 1.30 bits per heavy atom. The minimum Gasteiger partial charge on any atom is -0.353 e. The smallest absolute Gasteiger partial charge is 0.234 e. The number of carbonyl (C=O) groups excluding carboxylic acids is 1. The Morgan fingerprint density at radius 2 is 2.00 bits per heavy atom. The summed E-state index contributed by atoms with van der Waals surface area (Å²) in [5.74, 6) is 0.0537. The summed E-state index contributed by atoms with van der Waals surface area (Å²) in [4.78, 5) is 14.0. The minimum atomic E-state index is -0.0308. The van der Waals surface area contributed by atoms with E-state index in [-0.39, 0.29) is 11.4 Å². The van der Waals surface area contributed by atoms with Crippen molar-refractivity contribution in [1.29, 1.82) is 0 Å². The Morgan fingerprint density at radius 3 is 2.70 bits per heavy atom. The lowest BCUT2D eigenvalue weighted by Crippen LogP contribution is -2.53. The van der Waals surface area contributed by atoms with Crippen molar-refractivity contribution in [2.24, 2.45) is 0 Å². The van der Waals surface area contributed by atoms with Crippen LogP contribution in [0, 0.1) is 0 Å². The lowest BCUT2D eigenvalue weighted by atomic mass is 9.94. The van der Waals surface area contributed by atoms with Gasteiger partial charge in [0.1, 0.15) is 0 Å². The lowest BCUT2D eigenvalue weighted by molar-refractivity contribution is -0.120. The fourth-order valence-corrected chi connectivity index (χ4v) is 2.66. The fourth-order valence-electron chi connectivity index (χ4n) is 2.66. The van der Waals surface area contributed by atoms with E-state index >= 15 is 0 Å². The molecular formula is C16H25N3O. The average molecular weight is 275 g/mol. The van der Waals surface area contributed by atoms with Crippen molar-refractivity contribution in [2.75, 3.05) is 26.7 Å². The van der Waals surface area contributed by atoms with E-state index in [1.165, 1.54) is 11.1 Å². The molecule has 0 atom stereocenters. The van der Waals surface area contributed by atoms with E-state index in [4.69, 9.17) is 0 Å². The van der Waals surface area contributed by atoms with Gasteiger partial charge in [0.05, 0.1) is 6.54 Å². The normalized spacial score (nSPS) is 15.8. The van der Waals surface area contributed by atoms with E-state index in [1.54, 1.807) is 7.05 Å². The summed E-state index contributed by atoms with van der Waals surface area (Å²) in [5, 5.41) is 5.87. The number of hydrogen-bond acceptors (Lipinski definition) is 3. The van der Waals surface area contributed by atoms with E-state index < -0.39 is 0 Å². The lowest BCUT2D eigenvalue weighted by Gasteiger charge is -2.41. The Hall–Kier alpha value is -1.39. The van der Waals surface area contributed by atoms with Crippen LogP contribution >= 0.6 is 0 Å². The molecule has 1 aliphatic heterocycles. The van der Waals surface area contributed by atoms with Crippen molar-refractivity contribution in [3.05, 3.63) is 35.4 Å². The summed E-state index contributed by atoms with van der Waals surface area (Å²) < 4.78 is 0. The van der Waals surface area contributed by atoms with Gasteiger partial charge in [-0.15, -0.1) is 0 Å². The first-order chi connectivity index (χ1) is 9.53. The molecule has 0 saturated heterocycles. The molecule has 0 bridgehead atoms. The van der Waals surface area contributed by atoms with Crippen LogP contribution in [-0.4, -0.2) is 43.0 Å². The van der Waals surface area contributed by atoms with Crippen LogP contribution in [-0.2, 0) is 17.8 Å². The third kappa shape index (κ3) is 3.58.